The van der Waals surface area contributed by atoms with Gasteiger partial charge in [0.05, 0.1) is 60.9 Å². The predicted molar refractivity (Wildman–Crippen MR) is 176 cm³/mol. The Balaban J connectivity index is 1.87. The smallest absolute Gasteiger partial charge is 0.343 e. The minimum absolute atomic E-state index is 0.111. The first-order valence-corrected chi connectivity index (χ1v) is 16.1. The molecule has 15 heteroatoms. The van der Waals surface area contributed by atoms with Crippen molar-refractivity contribution in [3.05, 3.63) is 77.4 Å². The zero-order valence-electron chi connectivity index (χ0n) is 27.2. The summed E-state index contributed by atoms with van der Waals surface area (Å²) in [5.74, 6) is -0.801. The van der Waals surface area contributed by atoms with Crippen LogP contribution in [0.15, 0.2) is 51.4 Å². The molecular weight excluding hydrogens is 668 g/mol. The second kappa shape index (κ2) is 16.3. The van der Waals surface area contributed by atoms with Crippen molar-refractivity contribution in [2.24, 2.45) is 4.99 Å². The summed E-state index contributed by atoms with van der Waals surface area (Å²) in [4.78, 5) is 55.8. The number of ether oxygens (including phenoxy) is 7. The molecule has 0 radical (unpaired) electrons. The van der Waals surface area contributed by atoms with Crippen LogP contribution in [-0.2, 0) is 28.6 Å². The number of thiazole rings is 1. The van der Waals surface area contributed by atoms with Crippen molar-refractivity contribution in [3.8, 4) is 23.0 Å². The summed E-state index contributed by atoms with van der Waals surface area (Å²) >= 11 is 7.65. The van der Waals surface area contributed by atoms with Crippen molar-refractivity contribution in [1.82, 2.24) is 4.57 Å². The van der Waals surface area contributed by atoms with E-state index in [1.54, 1.807) is 64.1 Å². The molecule has 0 unspecified atom stereocenters. The van der Waals surface area contributed by atoms with Gasteiger partial charge in [-0.3, -0.25) is 9.36 Å². The second-order valence-corrected chi connectivity index (χ2v) is 11.4. The molecule has 0 saturated carbocycles. The Morgan fingerprint density at radius 3 is 2.21 bits per heavy atom. The Morgan fingerprint density at radius 1 is 0.896 bits per heavy atom. The van der Waals surface area contributed by atoms with Crippen LogP contribution >= 0.6 is 22.9 Å². The van der Waals surface area contributed by atoms with Crippen LogP contribution in [0.5, 0.6) is 23.0 Å². The van der Waals surface area contributed by atoms with Gasteiger partial charge >= 0.3 is 17.9 Å². The minimum atomic E-state index is -0.937. The van der Waals surface area contributed by atoms with Crippen molar-refractivity contribution in [2.75, 3.05) is 47.3 Å². The Bertz CT molecular complexity index is 1910. The van der Waals surface area contributed by atoms with Gasteiger partial charge in [-0.15, -0.1) is 0 Å². The molecule has 0 amide bonds. The molecule has 0 fully saturated rings. The van der Waals surface area contributed by atoms with Crippen LogP contribution in [0.2, 0.25) is 5.02 Å². The van der Waals surface area contributed by atoms with E-state index in [2.05, 4.69) is 14.5 Å². The van der Waals surface area contributed by atoms with Gasteiger partial charge < -0.3 is 33.2 Å². The SMILES string of the molecule is CCOC(=O)C1=C(C)N=c2s/c(=C\c3cc(Cl)c(OCC(=O)OC)c(OCC)c3)c(=O)n2[C@@H]1c1ccc(OCC(=O)OC)c(OCC)c1. The molecule has 0 aliphatic carbocycles. The number of allylic oxidation sites excluding steroid dienone is 1. The maximum Gasteiger partial charge on any atom is 0.343 e. The van der Waals surface area contributed by atoms with Crippen LogP contribution < -0.4 is 33.8 Å². The van der Waals surface area contributed by atoms with Gasteiger partial charge in [0.2, 0.25) is 0 Å². The quantitative estimate of drug-likeness (QED) is 0.180. The molecule has 4 rings (SSSR count). The Labute approximate surface area is 284 Å². The lowest BCUT2D eigenvalue weighted by Gasteiger charge is -2.25. The molecule has 48 heavy (non-hydrogen) atoms. The molecule has 0 saturated heterocycles. The van der Waals surface area contributed by atoms with Crippen LogP contribution in [0.3, 0.4) is 0 Å². The number of methoxy groups -OCH3 is 2. The molecule has 1 aliphatic heterocycles. The number of carbonyl (C=O) groups excluding carboxylic acids is 3. The summed E-state index contributed by atoms with van der Waals surface area (Å²) in [6.07, 6.45) is 1.62. The Hall–Kier alpha value is -4.82. The summed E-state index contributed by atoms with van der Waals surface area (Å²) in [6.45, 7) is 6.88. The van der Waals surface area contributed by atoms with Crippen LogP contribution in [0.4, 0.5) is 0 Å². The van der Waals surface area contributed by atoms with Gasteiger partial charge in [-0.05, 0) is 69.2 Å². The van der Waals surface area contributed by atoms with E-state index < -0.39 is 29.5 Å². The zero-order valence-corrected chi connectivity index (χ0v) is 28.8. The first-order valence-electron chi connectivity index (χ1n) is 14.9. The summed E-state index contributed by atoms with van der Waals surface area (Å²) in [7, 11) is 2.50. The highest BCUT2D eigenvalue weighted by atomic mass is 35.5. The van der Waals surface area contributed by atoms with Crippen LogP contribution in [0.25, 0.3) is 6.08 Å². The van der Waals surface area contributed by atoms with Crippen molar-refractivity contribution in [3.63, 3.8) is 0 Å². The van der Waals surface area contributed by atoms with E-state index in [9.17, 15) is 19.2 Å². The first-order chi connectivity index (χ1) is 23.1. The van der Waals surface area contributed by atoms with Gasteiger partial charge in [-0.2, -0.15) is 0 Å². The molecule has 13 nitrogen and oxygen atoms in total. The molecule has 1 atom stereocenters. The van der Waals surface area contributed by atoms with Crippen LogP contribution in [-0.4, -0.2) is 69.7 Å². The van der Waals surface area contributed by atoms with E-state index in [1.807, 2.05) is 0 Å². The molecule has 256 valence electrons. The monoisotopic (exact) mass is 702 g/mol. The number of halogens is 1. The third-order valence-corrected chi connectivity index (χ3v) is 8.13. The largest absolute Gasteiger partial charge is 0.490 e. The average molecular weight is 703 g/mol. The van der Waals surface area contributed by atoms with Crippen molar-refractivity contribution >= 4 is 46.9 Å². The summed E-state index contributed by atoms with van der Waals surface area (Å²) in [5.41, 5.74) is 1.16. The zero-order chi connectivity index (χ0) is 35.0. The molecule has 0 N–H and O–H groups in total. The van der Waals surface area contributed by atoms with E-state index in [1.165, 1.54) is 18.8 Å². The molecule has 2 aromatic carbocycles. The summed E-state index contributed by atoms with van der Waals surface area (Å²) in [5, 5.41) is 0.153. The standard InChI is InChI=1S/C33H35ClN2O11S/c1-7-43-23-15-20(10-11-22(23)46-16-26(37)41-5)29-28(32(40)45-9-3)18(4)35-33-36(29)31(39)25(48-33)14-19-12-21(34)30(24(13-19)44-8-2)47-17-27(38)42-6/h10-15,29H,7-9,16-17H2,1-6H3/b25-14-/t29-/m1/s1. The normalized spacial score (nSPS) is 14.1. The number of esters is 3. The third-order valence-electron chi connectivity index (χ3n) is 6.87. The molecule has 1 aromatic heterocycles. The second-order valence-electron chi connectivity index (χ2n) is 9.93. The third kappa shape index (κ3) is 8.00. The minimum Gasteiger partial charge on any atom is -0.490 e. The lowest BCUT2D eigenvalue weighted by Crippen LogP contribution is -2.40. The van der Waals surface area contributed by atoms with Gasteiger partial charge in [-0.1, -0.05) is 29.0 Å². The fraction of sp³-hybridized carbons (Fsp3) is 0.364. The highest BCUT2D eigenvalue weighted by Crippen LogP contribution is 2.38. The van der Waals surface area contributed by atoms with E-state index in [0.717, 1.165) is 11.3 Å². The van der Waals surface area contributed by atoms with Crippen LogP contribution in [0, 0.1) is 0 Å². The highest BCUT2D eigenvalue weighted by Gasteiger charge is 2.34. The molecular formula is C33H35ClN2O11S. The van der Waals surface area contributed by atoms with Crippen LogP contribution in [0.1, 0.15) is 44.9 Å². The van der Waals surface area contributed by atoms with E-state index in [-0.39, 0.29) is 60.9 Å². The Kier molecular flexibility index (Phi) is 12.3. The molecule has 3 aromatic rings. The lowest BCUT2D eigenvalue weighted by molar-refractivity contribution is -0.143. The first kappa shape index (κ1) is 36.0. The Morgan fingerprint density at radius 2 is 1.56 bits per heavy atom. The number of aromatic nitrogens is 1. The number of nitrogens with zero attached hydrogens (tertiary/aromatic N) is 2. The van der Waals surface area contributed by atoms with Gasteiger partial charge in [0.15, 0.2) is 41.0 Å². The summed E-state index contributed by atoms with van der Waals surface area (Å²) in [6, 6.07) is 7.19. The number of rotatable bonds is 14. The van der Waals surface area contributed by atoms with Crippen molar-refractivity contribution in [2.45, 2.75) is 33.7 Å². The fourth-order valence-corrected chi connectivity index (χ4v) is 6.12. The molecule has 0 bridgehead atoms. The van der Waals surface area contributed by atoms with Gasteiger partial charge in [0.25, 0.3) is 5.56 Å². The molecule has 0 spiro atoms. The van der Waals surface area contributed by atoms with Crippen molar-refractivity contribution < 1.29 is 47.5 Å². The lowest BCUT2D eigenvalue weighted by atomic mass is 9.95. The number of benzene rings is 2. The number of fused-ring (bicyclic) bond motifs is 1. The topological polar surface area (TPSA) is 150 Å². The van der Waals surface area contributed by atoms with Gasteiger partial charge in [0.1, 0.15) is 0 Å². The van der Waals surface area contributed by atoms with Gasteiger partial charge in [-0.25, -0.2) is 19.4 Å². The number of hydrogen-bond donors (Lipinski definition) is 0. The van der Waals surface area contributed by atoms with E-state index in [4.69, 9.17) is 35.3 Å². The molecule has 1 aliphatic rings. The highest BCUT2D eigenvalue weighted by molar-refractivity contribution is 7.07. The fourth-order valence-electron chi connectivity index (χ4n) is 4.80. The molecule has 2 heterocycles. The maximum atomic E-state index is 14.2. The number of hydrogen-bond acceptors (Lipinski definition) is 13. The van der Waals surface area contributed by atoms with E-state index in [0.29, 0.717) is 31.9 Å². The number of carbonyl (C=O) groups is 3. The maximum absolute atomic E-state index is 14.2. The van der Waals surface area contributed by atoms with E-state index >= 15 is 0 Å². The van der Waals surface area contributed by atoms with Gasteiger partial charge in [0, 0.05) is 0 Å². The predicted octanol–water partition coefficient (Wildman–Crippen LogP) is 3.35. The summed E-state index contributed by atoms with van der Waals surface area (Å²) < 4.78 is 39.1. The van der Waals surface area contributed by atoms with Crippen molar-refractivity contribution in [1.29, 1.82) is 0 Å². The average Bonchev–Trinajstić information content (AvgIpc) is 3.36.